The van der Waals surface area contributed by atoms with Crippen molar-refractivity contribution in [2.45, 2.75) is 85.4 Å². The van der Waals surface area contributed by atoms with Gasteiger partial charge in [-0.1, -0.05) is 26.3 Å². The molecule has 3 N–H and O–H groups in total. The van der Waals surface area contributed by atoms with Crippen molar-refractivity contribution in [2.75, 3.05) is 0 Å². The Morgan fingerprint density at radius 2 is 1.62 bits per heavy atom. The third-order valence-corrected chi connectivity index (χ3v) is 4.53. The number of nitrogens with zero attached hydrogens (tertiary/aromatic N) is 1. The van der Waals surface area contributed by atoms with Crippen molar-refractivity contribution in [3.05, 3.63) is 11.8 Å². The third-order valence-electron chi connectivity index (χ3n) is 4.53. The molecule has 0 saturated carbocycles. The summed E-state index contributed by atoms with van der Waals surface area (Å²) in [4.78, 5) is 14.7. The number of hydrogen-bond donors (Lipinski definition) is 2. The van der Waals surface area contributed by atoms with Crippen molar-refractivity contribution in [2.24, 2.45) is 11.1 Å². The summed E-state index contributed by atoms with van der Waals surface area (Å²) in [5, 5.41) is 2.97. The minimum absolute atomic E-state index is 0.0412. The Bertz CT molecular complexity index is 412. The van der Waals surface area contributed by atoms with Crippen LogP contribution in [0.1, 0.15) is 68.2 Å². The van der Waals surface area contributed by atoms with Crippen LogP contribution in [0.2, 0.25) is 0 Å². The van der Waals surface area contributed by atoms with Crippen LogP contribution in [0, 0.1) is 5.41 Å². The summed E-state index contributed by atoms with van der Waals surface area (Å²) in [6.45, 7) is 16.8. The minimum atomic E-state index is -0.241. The predicted octanol–water partition coefficient (Wildman–Crippen LogP) is 3.63. The van der Waals surface area contributed by atoms with E-state index in [-0.39, 0.29) is 28.6 Å². The van der Waals surface area contributed by atoms with Gasteiger partial charge in [0.25, 0.3) is 0 Å². The van der Waals surface area contributed by atoms with Gasteiger partial charge in [-0.25, -0.2) is 4.79 Å². The summed E-state index contributed by atoms with van der Waals surface area (Å²) in [6.07, 6.45) is 3.49. The number of hydrogen-bond acceptors (Lipinski definition) is 2. The standard InChI is InChI=1S/C17H33N3O/c1-12(15(2,3)4)11-19-14(21)20-16(5,6)9-13(18)10-17(20,7)8/h11,13H,9-10,18H2,1-8H3,(H,19,21)/b12-11+. The van der Waals surface area contributed by atoms with E-state index in [9.17, 15) is 4.79 Å². The Kier molecular flexibility index (Phi) is 4.84. The van der Waals surface area contributed by atoms with Gasteiger partial charge in [0.15, 0.2) is 0 Å². The molecule has 1 fully saturated rings. The molecule has 1 rings (SSSR count). The zero-order chi connectivity index (χ0) is 16.6. The maximum absolute atomic E-state index is 12.7. The van der Waals surface area contributed by atoms with Gasteiger partial charge in [-0.15, -0.1) is 0 Å². The van der Waals surface area contributed by atoms with E-state index in [2.05, 4.69) is 53.8 Å². The summed E-state index contributed by atoms with van der Waals surface area (Å²) in [5.74, 6) is 0. The number of nitrogens with one attached hydrogen (secondary N) is 1. The molecular weight excluding hydrogens is 262 g/mol. The highest BCUT2D eigenvalue weighted by Gasteiger charge is 2.46. The van der Waals surface area contributed by atoms with E-state index in [0.29, 0.717) is 0 Å². The van der Waals surface area contributed by atoms with Gasteiger partial charge in [0.2, 0.25) is 0 Å². The molecule has 1 heterocycles. The van der Waals surface area contributed by atoms with Gasteiger partial charge >= 0.3 is 6.03 Å². The molecule has 0 unspecified atom stereocenters. The molecule has 0 aromatic carbocycles. The van der Waals surface area contributed by atoms with E-state index in [4.69, 9.17) is 5.73 Å². The fourth-order valence-corrected chi connectivity index (χ4v) is 3.36. The molecule has 4 nitrogen and oxygen atoms in total. The number of urea groups is 1. The van der Waals surface area contributed by atoms with Crippen LogP contribution in [0.4, 0.5) is 4.79 Å². The molecule has 0 spiro atoms. The first-order chi connectivity index (χ1) is 9.27. The maximum Gasteiger partial charge on any atom is 0.322 e. The largest absolute Gasteiger partial charge is 0.328 e. The molecule has 0 atom stereocenters. The normalized spacial score (nSPS) is 23.1. The highest BCUT2D eigenvalue weighted by Crippen LogP contribution is 2.37. The van der Waals surface area contributed by atoms with Gasteiger partial charge in [-0.2, -0.15) is 0 Å². The van der Waals surface area contributed by atoms with Crippen LogP contribution in [0.25, 0.3) is 0 Å². The van der Waals surface area contributed by atoms with Crippen LogP contribution in [-0.2, 0) is 0 Å². The second-order valence-corrected chi connectivity index (χ2v) is 8.66. The van der Waals surface area contributed by atoms with Crippen LogP contribution < -0.4 is 11.1 Å². The second kappa shape index (κ2) is 5.64. The van der Waals surface area contributed by atoms with Crippen LogP contribution in [-0.4, -0.2) is 28.1 Å². The first kappa shape index (κ1) is 18.0. The summed E-state index contributed by atoms with van der Waals surface area (Å²) in [6, 6.07) is 0.103. The van der Waals surface area contributed by atoms with E-state index < -0.39 is 0 Å². The third kappa shape index (κ3) is 4.22. The average molecular weight is 295 g/mol. The number of amides is 2. The maximum atomic E-state index is 12.7. The molecule has 21 heavy (non-hydrogen) atoms. The summed E-state index contributed by atoms with van der Waals surface area (Å²) in [5.41, 5.74) is 6.89. The van der Waals surface area contributed by atoms with Gasteiger partial charge in [0.1, 0.15) is 0 Å². The molecule has 0 aromatic rings. The summed E-state index contributed by atoms with van der Waals surface area (Å²) < 4.78 is 0. The van der Waals surface area contributed by atoms with Crippen molar-refractivity contribution in [1.82, 2.24) is 10.2 Å². The highest BCUT2D eigenvalue weighted by molar-refractivity contribution is 5.77. The van der Waals surface area contributed by atoms with Crippen molar-refractivity contribution in [3.63, 3.8) is 0 Å². The second-order valence-electron chi connectivity index (χ2n) is 8.66. The van der Waals surface area contributed by atoms with Crippen LogP contribution in [0.5, 0.6) is 0 Å². The summed E-state index contributed by atoms with van der Waals surface area (Å²) >= 11 is 0. The lowest BCUT2D eigenvalue weighted by Crippen LogP contribution is -2.66. The van der Waals surface area contributed by atoms with E-state index in [1.54, 1.807) is 0 Å². The lowest BCUT2D eigenvalue weighted by Gasteiger charge is -2.54. The molecule has 0 radical (unpaired) electrons. The quantitative estimate of drug-likeness (QED) is 0.776. The van der Waals surface area contributed by atoms with Crippen molar-refractivity contribution in [1.29, 1.82) is 0 Å². The monoisotopic (exact) mass is 295 g/mol. The zero-order valence-corrected chi connectivity index (χ0v) is 15.0. The minimum Gasteiger partial charge on any atom is -0.328 e. The molecule has 0 aliphatic carbocycles. The van der Waals surface area contributed by atoms with E-state index in [1.165, 1.54) is 0 Å². The van der Waals surface area contributed by atoms with Crippen LogP contribution in [0.3, 0.4) is 0 Å². The van der Waals surface area contributed by atoms with E-state index in [1.807, 2.05) is 18.0 Å². The van der Waals surface area contributed by atoms with Gasteiger partial charge in [0.05, 0.1) is 0 Å². The average Bonchev–Trinajstić information content (AvgIpc) is 2.19. The molecular formula is C17H33N3O. The molecule has 1 saturated heterocycles. The Balaban J connectivity index is 2.94. The molecule has 1 aliphatic rings. The first-order valence-corrected chi connectivity index (χ1v) is 7.81. The van der Waals surface area contributed by atoms with Crippen LogP contribution >= 0.6 is 0 Å². The fraction of sp³-hybridized carbons (Fsp3) is 0.824. The Hall–Kier alpha value is -1.03. The molecule has 4 heteroatoms. The number of carbonyl (C=O) groups is 1. The van der Waals surface area contributed by atoms with Crippen molar-refractivity contribution in [3.8, 4) is 0 Å². The molecule has 122 valence electrons. The number of likely N-dealkylation sites (tertiary alicyclic amines) is 1. The van der Waals surface area contributed by atoms with Gasteiger partial charge in [0, 0.05) is 23.3 Å². The summed E-state index contributed by atoms with van der Waals surface area (Å²) in [7, 11) is 0. The van der Waals surface area contributed by atoms with Gasteiger partial charge < -0.3 is 16.0 Å². The van der Waals surface area contributed by atoms with Gasteiger partial charge in [-0.05, 0) is 52.9 Å². The van der Waals surface area contributed by atoms with Gasteiger partial charge in [-0.3, -0.25) is 0 Å². The van der Waals surface area contributed by atoms with Crippen LogP contribution in [0.15, 0.2) is 11.8 Å². The van der Waals surface area contributed by atoms with Crippen molar-refractivity contribution < 1.29 is 4.79 Å². The lowest BCUT2D eigenvalue weighted by molar-refractivity contribution is 0.00438. The smallest absolute Gasteiger partial charge is 0.322 e. The number of carbonyl (C=O) groups excluding carboxylic acids is 1. The zero-order valence-electron chi connectivity index (χ0n) is 15.0. The molecule has 2 amide bonds. The Morgan fingerprint density at radius 3 is 2.00 bits per heavy atom. The van der Waals surface area contributed by atoms with Crippen molar-refractivity contribution >= 4 is 6.03 Å². The first-order valence-electron chi connectivity index (χ1n) is 7.81. The number of allylic oxidation sites excluding steroid dienone is 1. The number of piperidine rings is 1. The number of nitrogens with two attached hydrogens (primary N) is 1. The van der Waals surface area contributed by atoms with E-state index in [0.717, 1.165) is 18.4 Å². The highest BCUT2D eigenvalue weighted by atomic mass is 16.2. The Labute approximate surface area is 130 Å². The molecule has 0 aromatic heterocycles. The van der Waals surface area contributed by atoms with E-state index >= 15 is 0 Å². The number of rotatable bonds is 1. The Morgan fingerprint density at radius 1 is 1.19 bits per heavy atom. The SMILES string of the molecule is C/C(=C\NC(=O)N1C(C)(C)CC(N)CC1(C)C)C(C)(C)C. The molecule has 0 bridgehead atoms. The lowest BCUT2D eigenvalue weighted by atomic mass is 9.77. The topological polar surface area (TPSA) is 58.4 Å². The predicted molar refractivity (Wildman–Crippen MR) is 89.0 cm³/mol. The molecule has 1 aliphatic heterocycles. The fourth-order valence-electron chi connectivity index (χ4n) is 3.36.